The highest BCUT2D eigenvalue weighted by Crippen LogP contribution is 2.25. The molecule has 2 aliphatic rings. The Balaban J connectivity index is 1.78. The van der Waals surface area contributed by atoms with Gasteiger partial charge in [0.15, 0.2) is 0 Å². The molecule has 0 aromatic heterocycles. The van der Waals surface area contributed by atoms with Gasteiger partial charge >= 0.3 is 0 Å². The maximum atomic E-state index is 5.48. The fourth-order valence-electron chi connectivity index (χ4n) is 2.30. The van der Waals surface area contributed by atoms with Gasteiger partial charge in [0, 0.05) is 32.3 Å². The first kappa shape index (κ1) is 9.44. The average Bonchev–Trinajstić information content (AvgIpc) is 2.14. The van der Waals surface area contributed by atoms with Gasteiger partial charge in [-0.05, 0) is 19.3 Å². The molecule has 2 atom stereocenters. The number of ether oxygens (including phenoxy) is 2. The van der Waals surface area contributed by atoms with Crippen molar-refractivity contribution in [3.63, 3.8) is 0 Å². The Morgan fingerprint density at radius 3 is 2.92 bits per heavy atom. The molecule has 2 aliphatic heterocycles. The van der Waals surface area contributed by atoms with Crippen LogP contribution in [0.2, 0.25) is 0 Å². The number of hydrogen-bond donors (Lipinski definition) is 0. The molecule has 3 heteroatoms. The largest absolute Gasteiger partial charge is 0.383 e. The summed E-state index contributed by atoms with van der Waals surface area (Å²) in [6.45, 7) is 4.01. The number of nitrogens with zero attached hydrogens (tertiary/aromatic N) is 1. The molecule has 3 nitrogen and oxygen atoms in total. The molecule has 0 aromatic rings. The van der Waals surface area contributed by atoms with E-state index in [9.17, 15) is 0 Å². The summed E-state index contributed by atoms with van der Waals surface area (Å²) in [4.78, 5) is 2.54. The Labute approximate surface area is 80.0 Å². The van der Waals surface area contributed by atoms with Crippen LogP contribution in [-0.4, -0.2) is 50.5 Å². The van der Waals surface area contributed by atoms with Gasteiger partial charge in [0.25, 0.3) is 0 Å². The minimum atomic E-state index is 0.664. The Morgan fingerprint density at radius 1 is 1.46 bits per heavy atom. The van der Waals surface area contributed by atoms with Gasteiger partial charge < -0.3 is 9.47 Å². The predicted octanol–water partition coefficient (Wildman–Crippen LogP) is 0.886. The van der Waals surface area contributed by atoms with Gasteiger partial charge in [0.2, 0.25) is 0 Å². The van der Waals surface area contributed by atoms with Crippen LogP contribution in [0.5, 0.6) is 0 Å². The number of likely N-dealkylation sites (tertiary alicyclic amines) is 1. The van der Waals surface area contributed by atoms with E-state index < -0.39 is 0 Å². The van der Waals surface area contributed by atoms with Crippen molar-refractivity contribution in [1.29, 1.82) is 0 Å². The third kappa shape index (κ3) is 2.03. The Morgan fingerprint density at radius 2 is 2.38 bits per heavy atom. The molecule has 0 aromatic carbocycles. The zero-order valence-corrected chi connectivity index (χ0v) is 8.37. The van der Waals surface area contributed by atoms with Crippen LogP contribution in [0.25, 0.3) is 0 Å². The lowest BCUT2D eigenvalue weighted by Crippen LogP contribution is -2.57. The summed E-state index contributed by atoms with van der Waals surface area (Å²) < 4.78 is 10.7. The highest BCUT2D eigenvalue weighted by atomic mass is 16.5. The van der Waals surface area contributed by atoms with Crippen molar-refractivity contribution in [1.82, 2.24) is 4.90 Å². The molecule has 0 aliphatic carbocycles. The summed E-state index contributed by atoms with van der Waals surface area (Å²) in [6, 6.07) is 1.33. The van der Waals surface area contributed by atoms with E-state index in [2.05, 4.69) is 4.90 Å². The quantitative estimate of drug-likeness (QED) is 0.651. The highest BCUT2D eigenvalue weighted by Gasteiger charge is 2.34. The van der Waals surface area contributed by atoms with Crippen molar-refractivity contribution in [2.75, 3.05) is 33.5 Å². The van der Waals surface area contributed by atoms with E-state index in [1.54, 1.807) is 7.11 Å². The van der Waals surface area contributed by atoms with Gasteiger partial charge in [0.1, 0.15) is 0 Å². The average molecular weight is 185 g/mol. The second kappa shape index (κ2) is 4.40. The fourth-order valence-corrected chi connectivity index (χ4v) is 2.30. The van der Waals surface area contributed by atoms with E-state index >= 15 is 0 Å². The smallest absolute Gasteiger partial charge is 0.0621 e. The summed E-state index contributed by atoms with van der Waals surface area (Å²) in [5.41, 5.74) is 0. The topological polar surface area (TPSA) is 21.7 Å². The van der Waals surface area contributed by atoms with E-state index in [1.165, 1.54) is 25.8 Å². The van der Waals surface area contributed by atoms with Crippen molar-refractivity contribution in [2.45, 2.75) is 31.3 Å². The third-order valence-corrected chi connectivity index (χ3v) is 3.15. The second-order valence-electron chi connectivity index (χ2n) is 4.01. The standard InChI is InChI=1S/C10H19NO2/c1-12-7-10-4-5-11(10)9-3-2-6-13-8-9/h9-10H,2-8H2,1H3. The number of rotatable bonds is 3. The highest BCUT2D eigenvalue weighted by molar-refractivity contribution is 4.88. The van der Waals surface area contributed by atoms with Crippen molar-refractivity contribution in [3.05, 3.63) is 0 Å². The molecule has 0 saturated carbocycles. The van der Waals surface area contributed by atoms with E-state index in [-0.39, 0.29) is 0 Å². The lowest BCUT2D eigenvalue weighted by atomic mass is 9.97. The fraction of sp³-hybridized carbons (Fsp3) is 1.00. The minimum Gasteiger partial charge on any atom is -0.383 e. The molecule has 2 unspecified atom stereocenters. The maximum absolute atomic E-state index is 5.48. The Kier molecular flexibility index (Phi) is 3.19. The van der Waals surface area contributed by atoms with E-state index in [1.807, 2.05) is 0 Å². The summed E-state index contributed by atoms with van der Waals surface area (Å²) in [5.74, 6) is 0. The van der Waals surface area contributed by atoms with E-state index in [4.69, 9.17) is 9.47 Å². The molecule has 0 spiro atoms. The molecule has 2 rings (SSSR count). The molecule has 76 valence electrons. The summed E-state index contributed by atoms with van der Waals surface area (Å²) in [5, 5.41) is 0. The van der Waals surface area contributed by atoms with Crippen molar-refractivity contribution < 1.29 is 9.47 Å². The zero-order valence-electron chi connectivity index (χ0n) is 8.37. The van der Waals surface area contributed by atoms with Crippen molar-refractivity contribution >= 4 is 0 Å². The maximum Gasteiger partial charge on any atom is 0.0621 e. The SMILES string of the molecule is COCC1CCN1C1CCCOC1. The molecule has 2 fully saturated rings. The van der Waals surface area contributed by atoms with E-state index in [0.29, 0.717) is 12.1 Å². The molecule has 0 amide bonds. The Hall–Kier alpha value is -0.120. The predicted molar refractivity (Wildman–Crippen MR) is 50.8 cm³/mol. The first-order valence-electron chi connectivity index (χ1n) is 5.24. The van der Waals surface area contributed by atoms with Crippen LogP contribution in [-0.2, 0) is 9.47 Å². The molecular weight excluding hydrogens is 166 g/mol. The summed E-state index contributed by atoms with van der Waals surface area (Å²) >= 11 is 0. The van der Waals surface area contributed by atoms with Gasteiger partial charge in [-0.1, -0.05) is 0 Å². The number of methoxy groups -OCH3 is 1. The molecule has 2 heterocycles. The van der Waals surface area contributed by atoms with Crippen LogP contribution in [0.15, 0.2) is 0 Å². The van der Waals surface area contributed by atoms with E-state index in [0.717, 1.165) is 19.8 Å². The van der Waals surface area contributed by atoms with Gasteiger partial charge in [-0.15, -0.1) is 0 Å². The van der Waals surface area contributed by atoms with Gasteiger partial charge in [-0.2, -0.15) is 0 Å². The third-order valence-electron chi connectivity index (χ3n) is 3.15. The lowest BCUT2D eigenvalue weighted by Gasteiger charge is -2.46. The second-order valence-corrected chi connectivity index (χ2v) is 4.01. The molecule has 0 bridgehead atoms. The van der Waals surface area contributed by atoms with Crippen LogP contribution in [0.1, 0.15) is 19.3 Å². The molecule has 2 saturated heterocycles. The molecule has 0 radical (unpaired) electrons. The van der Waals surface area contributed by atoms with Crippen molar-refractivity contribution in [3.8, 4) is 0 Å². The zero-order chi connectivity index (χ0) is 9.10. The van der Waals surface area contributed by atoms with Gasteiger partial charge in [0.05, 0.1) is 13.2 Å². The van der Waals surface area contributed by atoms with Crippen LogP contribution < -0.4 is 0 Å². The first-order valence-corrected chi connectivity index (χ1v) is 5.24. The monoisotopic (exact) mass is 185 g/mol. The summed E-state index contributed by atoms with van der Waals surface area (Å²) in [6.07, 6.45) is 3.82. The molecule has 13 heavy (non-hydrogen) atoms. The van der Waals surface area contributed by atoms with Crippen LogP contribution in [0.4, 0.5) is 0 Å². The molecular formula is C10H19NO2. The Bertz CT molecular complexity index is 157. The van der Waals surface area contributed by atoms with Crippen LogP contribution in [0.3, 0.4) is 0 Å². The number of hydrogen-bond acceptors (Lipinski definition) is 3. The molecule has 0 N–H and O–H groups in total. The van der Waals surface area contributed by atoms with Crippen molar-refractivity contribution in [2.24, 2.45) is 0 Å². The van der Waals surface area contributed by atoms with Crippen LogP contribution >= 0.6 is 0 Å². The van der Waals surface area contributed by atoms with Crippen LogP contribution in [0, 0.1) is 0 Å². The summed E-state index contributed by atoms with van der Waals surface area (Å²) in [7, 11) is 1.79. The first-order chi connectivity index (χ1) is 6.42. The van der Waals surface area contributed by atoms with Gasteiger partial charge in [-0.3, -0.25) is 4.90 Å². The van der Waals surface area contributed by atoms with Gasteiger partial charge in [-0.25, -0.2) is 0 Å². The normalized spacial score (nSPS) is 35.8. The lowest BCUT2D eigenvalue weighted by molar-refractivity contribution is -0.0589. The minimum absolute atomic E-state index is 0.664.